The quantitative estimate of drug-likeness (QED) is 0.277. The third-order valence-electron chi connectivity index (χ3n) is 1.09. The molecular weight excluding hydrogens is 164 g/mol. The van der Waals surface area contributed by atoms with E-state index < -0.39 is 17.5 Å². The lowest BCUT2D eigenvalue weighted by atomic mass is 10.2. The van der Waals surface area contributed by atoms with Crippen LogP contribution in [0.2, 0.25) is 0 Å². The predicted molar refractivity (Wildman–Crippen MR) is 39.6 cm³/mol. The molecular formula is C7H10O5. The summed E-state index contributed by atoms with van der Waals surface area (Å²) in [5.41, 5.74) is -0.417. The lowest BCUT2D eigenvalue weighted by Crippen LogP contribution is -2.14. The lowest BCUT2D eigenvalue weighted by Gasteiger charge is -1.98. The minimum atomic E-state index is -1.32. The Balaban J connectivity index is 4.43. The molecule has 1 N–H and O–H groups in total. The molecule has 0 heterocycles. The van der Waals surface area contributed by atoms with Gasteiger partial charge in [0, 0.05) is 7.11 Å². The van der Waals surface area contributed by atoms with E-state index in [2.05, 4.69) is 9.47 Å². The Kier molecular flexibility index (Phi) is 4.71. The van der Waals surface area contributed by atoms with Gasteiger partial charge in [-0.25, -0.2) is 9.59 Å². The fraction of sp³-hybridized carbons (Fsp3) is 0.429. The highest BCUT2D eigenvalue weighted by atomic mass is 16.5. The van der Waals surface area contributed by atoms with Gasteiger partial charge >= 0.3 is 11.9 Å². The van der Waals surface area contributed by atoms with E-state index in [1.807, 2.05) is 0 Å². The molecule has 0 aromatic heterocycles. The van der Waals surface area contributed by atoms with Crippen LogP contribution in [0.4, 0.5) is 0 Å². The number of ether oxygens (including phenoxy) is 2. The van der Waals surface area contributed by atoms with Crippen LogP contribution in [-0.4, -0.2) is 37.9 Å². The van der Waals surface area contributed by atoms with Gasteiger partial charge in [-0.1, -0.05) is 0 Å². The van der Waals surface area contributed by atoms with Crippen LogP contribution < -0.4 is 0 Å². The second-order valence-electron chi connectivity index (χ2n) is 1.87. The summed E-state index contributed by atoms with van der Waals surface area (Å²) in [5.74, 6) is -2.20. The lowest BCUT2D eigenvalue weighted by molar-refractivity contribution is -0.142. The number of carboxylic acid groups (broad SMARTS) is 1. The molecule has 12 heavy (non-hydrogen) atoms. The van der Waals surface area contributed by atoms with Crippen LogP contribution in [0.1, 0.15) is 0 Å². The zero-order chi connectivity index (χ0) is 9.56. The van der Waals surface area contributed by atoms with Gasteiger partial charge in [-0.3, -0.25) is 0 Å². The SMILES string of the molecule is COCC=C(C(=O)O)C(=O)OC. The molecule has 0 rings (SSSR count). The standard InChI is InChI=1S/C7H10O5/c1-11-4-3-5(6(8)9)7(10)12-2/h3H,4H2,1-2H3,(H,8,9). The molecule has 0 saturated heterocycles. The molecule has 0 bridgehead atoms. The van der Waals surface area contributed by atoms with E-state index >= 15 is 0 Å². The number of rotatable bonds is 4. The molecule has 0 aromatic carbocycles. The van der Waals surface area contributed by atoms with Crippen molar-refractivity contribution in [2.45, 2.75) is 0 Å². The van der Waals surface area contributed by atoms with E-state index in [0.717, 1.165) is 13.2 Å². The third kappa shape index (κ3) is 3.16. The van der Waals surface area contributed by atoms with E-state index in [9.17, 15) is 9.59 Å². The van der Waals surface area contributed by atoms with Crippen molar-refractivity contribution in [3.63, 3.8) is 0 Å². The second kappa shape index (κ2) is 5.31. The molecule has 5 nitrogen and oxygen atoms in total. The number of carbonyl (C=O) groups excluding carboxylic acids is 1. The zero-order valence-corrected chi connectivity index (χ0v) is 6.86. The Hall–Kier alpha value is -1.36. The first-order valence-electron chi connectivity index (χ1n) is 3.14. The molecule has 0 aliphatic rings. The molecule has 0 atom stereocenters. The van der Waals surface area contributed by atoms with Gasteiger partial charge in [0.1, 0.15) is 5.57 Å². The summed E-state index contributed by atoms with van der Waals surface area (Å²) in [7, 11) is 2.51. The average Bonchev–Trinajstić information content (AvgIpc) is 2.04. The van der Waals surface area contributed by atoms with Crippen LogP contribution >= 0.6 is 0 Å². The van der Waals surface area contributed by atoms with Gasteiger partial charge in [-0.05, 0) is 6.08 Å². The van der Waals surface area contributed by atoms with Crippen molar-refractivity contribution in [2.24, 2.45) is 0 Å². The maximum absolute atomic E-state index is 10.7. The van der Waals surface area contributed by atoms with Gasteiger partial charge in [0.25, 0.3) is 0 Å². The zero-order valence-electron chi connectivity index (χ0n) is 6.86. The minimum absolute atomic E-state index is 0.0662. The van der Waals surface area contributed by atoms with Crippen LogP contribution in [-0.2, 0) is 19.1 Å². The van der Waals surface area contributed by atoms with Crippen LogP contribution in [0.25, 0.3) is 0 Å². The highest BCUT2D eigenvalue weighted by molar-refractivity contribution is 6.13. The van der Waals surface area contributed by atoms with Gasteiger partial charge in [-0.2, -0.15) is 0 Å². The third-order valence-corrected chi connectivity index (χ3v) is 1.09. The first-order chi connectivity index (χ1) is 5.63. The Morgan fingerprint density at radius 3 is 2.33 bits per heavy atom. The van der Waals surface area contributed by atoms with Crippen LogP contribution in [0, 0.1) is 0 Å². The van der Waals surface area contributed by atoms with Gasteiger partial charge in [0.15, 0.2) is 0 Å². The Morgan fingerprint density at radius 2 is 2.00 bits per heavy atom. The highest BCUT2D eigenvalue weighted by Gasteiger charge is 2.16. The number of hydrogen-bond donors (Lipinski definition) is 1. The molecule has 68 valence electrons. The molecule has 5 heteroatoms. The second-order valence-corrected chi connectivity index (χ2v) is 1.87. The monoisotopic (exact) mass is 174 g/mol. The Bertz CT molecular complexity index is 206. The molecule has 0 spiro atoms. The molecule has 0 fully saturated rings. The summed E-state index contributed by atoms with van der Waals surface area (Å²) in [6.45, 7) is 0.0662. The smallest absolute Gasteiger partial charge is 0.345 e. The van der Waals surface area contributed by atoms with Crippen molar-refractivity contribution in [1.82, 2.24) is 0 Å². The summed E-state index contributed by atoms with van der Waals surface area (Å²) in [6, 6.07) is 0. The van der Waals surface area contributed by atoms with Crippen molar-refractivity contribution in [2.75, 3.05) is 20.8 Å². The Morgan fingerprint density at radius 1 is 1.42 bits per heavy atom. The maximum atomic E-state index is 10.7. The number of carbonyl (C=O) groups is 2. The van der Waals surface area contributed by atoms with Crippen LogP contribution in [0.5, 0.6) is 0 Å². The van der Waals surface area contributed by atoms with Gasteiger partial charge in [0.05, 0.1) is 13.7 Å². The van der Waals surface area contributed by atoms with Gasteiger partial charge in [0.2, 0.25) is 0 Å². The minimum Gasteiger partial charge on any atom is -0.477 e. The number of esters is 1. The predicted octanol–water partition coefficient (Wildman–Crippen LogP) is -0.183. The van der Waals surface area contributed by atoms with E-state index in [0.29, 0.717) is 0 Å². The van der Waals surface area contributed by atoms with Gasteiger partial charge < -0.3 is 14.6 Å². The van der Waals surface area contributed by atoms with E-state index in [1.54, 1.807) is 0 Å². The molecule has 0 unspecified atom stereocenters. The topological polar surface area (TPSA) is 72.8 Å². The molecule has 0 amide bonds. The van der Waals surface area contributed by atoms with Crippen molar-refractivity contribution in [3.05, 3.63) is 11.6 Å². The average molecular weight is 174 g/mol. The summed E-state index contributed by atoms with van der Waals surface area (Å²) in [4.78, 5) is 21.1. The summed E-state index contributed by atoms with van der Waals surface area (Å²) < 4.78 is 8.80. The fourth-order valence-corrected chi connectivity index (χ4v) is 0.535. The molecule has 0 radical (unpaired) electrons. The number of hydrogen-bond acceptors (Lipinski definition) is 4. The summed E-state index contributed by atoms with van der Waals surface area (Å²) in [6.07, 6.45) is 1.15. The van der Waals surface area contributed by atoms with Crippen LogP contribution in [0.15, 0.2) is 11.6 Å². The summed E-state index contributed by atoms with van der Waals surface area (Å²) >= 11 is 0. The number of carboxylic acids is 1. The van der Waals surface area contributed by atoms with Crippen molar-refractivity contribution < 1.29 is 24.2 Å². The van der Waals surface area contributed by atoms with Crippen LogP contribution in [0.3, 0.4) is 0 Å². The fourth-order valence-electron chi connectivity index (χ4n) is 0.535. The largest absolute Gasteiger partial charge is 0.477 e. The first kappa shape index (κ1) is 10.6. The summed E-state index contributed by atoms with van der Waals surface area (Å²) in [5, 5.41) is 8.48. The van der Waals surface area contributed by atoms with Gasteiger partial charge in [-0.15, -0.1) is 0 Å². The van der Waals surface area contributed by atoms with E-state index in [-0.39, 0.29) is 6.61 Å². The van der Waals surface area contributed by atoms with Crippen molar-refractivity contribution >= 4 is 11.9 Å². The first-order valence-corrected chi connectivity index (χ1v) is 3.14. The molecule has 0 aliphatic carbocycles. The Labute approximate surface area is 69.6 Å². The maximum Gasteiger partial charge on any atom is 0.345 e. The normalized spacial score (nSPS) is 11.0. The molecule has 0 aromatic rings. The number of methoxy groups -OCH3 is 2. The molecule has 0 saturated carbocycles. The number of aliphatic carboxylic acids is 1. The van der Waals surface area contributed by atoms with E-state index in [4.69, 9.17) is 5.11 Å². The van der Waals surface area contributed by atoms with Crippen molar-refractivity contribution in [1.29, 1.82) is 0 Å². The highest BCUT2D eigenvalue weighted by Crippen LogP contribution is 1.97. The van der Waals surface area contributed by atoms with E-state index in [1.165, 1.54) is 7.11 Å². The molecule has 0 aliphatic heterocycles. The van der Waals surface area contributed by atoms with Crippen molar-refractivity contribution in [3.8, 4) is 0 Å².